The van der Waals surface area contributed by atoms with E-state index in [2.05, 4.69) is 15.5 Å². The predicted molar refractivity (Wildman–Crippen MR) is 107 cm³/mol. The lowest BCUT2D eigenvalue weighted by Gasteiger charge is -2.20. The summed E-state index contributed by atoms with van der Waals surface area (Å²) < 4.78 is 21.0. The first kappa shape index (κ1) is 21.3. The number of carbonyl (C=O) groups excluding carboxylic acids is 2. The van der Waals surface area contributed by atoms with E-state index in [0.717, 1.165) is 12.8 Å². The minimum atomic E-state index is -0.894. The highest BCUT2D eigenvalue weighted by molar-refractivity contribution is 8.00. The number of nitrogens with one attached hydrogen (secondary N) is 1. The Kier molecular flexibility index (Phi) is 6.86. The highest BCUT2D eigenvalue weighted by atomic mass is 32.2. The smallest absolute Gasteiger partial charge is 0.318 e. The number of imide groups is 1. The first-order valence-corrected chi connectivity index (χ1v) is 10.3. The van der Waals surface area contributed by atoms with Crippen molar-refractivity contribution in [1.82, 2.24) is 20.1 Å². The van der Waals surface area contributed by atoms with Crippen LogP contribution in [0, 0.1) is 11.7 Å². The molecule has 2 heterocycles. The van der Waals surface area contributed by atoms with E-state index < -0.39 is 17.2 Å². The van der Waals surface area contributed by atoms with Crippen LogP contribution in [0.2, 0.25) is 0 Å². The van der Waals surface area contributed by atoms with Crippen molar-refractivity contribution < 1.29 is 18.7 Å². The Morgan fingerprint density at radius 2 is 2.07 bits per heavy atom. The van der Waals surface area contributed by atoms with Gasteiger partial charge >= 0.3 is 6.03 Å². The summed E-state index contributed by atoms with van der Waals surface area (Å²) in [5, 5.41) is 10.6. The number of amides is 3. The monoisotopic (exact) mass is 421 g/mol. The van der Waals surface area contributed by atoms with Gasteiger partial charge in [0.05, 0.1) is 17.9 Å². The Bertz CT molecular complexity index is 865. The lowest BCUT2D eigenvalue weighted by molar-refractivity contribution is -0.120. The summed E-state index contributed by atoms with van der Waals surface area (Å²) in [6.07, 6.45) is 1.92. The number of carbonyl (C=O) groups is 2. The van der Waals surface area contributed by atoms with Crippen LogP contribution in [0.25, 0.3) is 11.4 Å². The molecule has 0 bridgehead atoms. The van der Waals surface area contributed by atoms with Gasteiger partial charge in [-0.3, -0.25) is 14.7 Å². The summed E-state index contributed by atoms with van der Waals surface area (Å²) >= 11 is 1.22. The predicted octanol–water partition coefficient (Wildman–Crippen LogP) is 2.57. The highest BCUT2D eigenvalue weighted by Gasteiger charge is 2.29. The van der Waals surface area contributed by atoms with Crippen LogP contribution in [0.4, 0.5) is 9.18 Å². The molecule has 3 rings (SSSR count). The zero-order chi connectivity index (χ0) is 21.0. The number of ether oxygens (including phenoxy) is 1. The van der Waals surface area contributed by atoms with Gasteiger partial charge in [-0.05, 0) is 43.0 Å². The number of nitrogens with zero attached hydrogens (tertiary/aromatic N) is 3. The molecule has 2 aromatic rings. The third-order valence-electron chi connectivity index (χ3n) is 4.57. The maximum absolute atomic E-state index is 13.3. The number of primary amides is 1. The van der Waals surface area contributed by atoms with Crippen molar-refractivity contribution in [2.24, 2.45) is 11.7 Å². The lowest BCUT2D eigenvalue weighted by Crippen LogP contribution is -2.42. The second kappa shape index (κ2) is 9.36. The molecule has 2 unspecified atom stereocenters. The third-order valence-corrected chi connectivity index (χ3v) is 6.10. The molecule has 0 spiro atoms. The van der Waals surface area contributed by atoms with Crippen LogP contribution in [0.15, 0.2) is 29.4 Å². The zero-order valence-corrected chi connectivity index (χ0v) is 17.1. The standard InChI is InChI=1S/C19H24FN5O3S/c1-11(2)15(17(26)22-18(21)27)29-19-24-23-16(12-5-7-13(20)8-6-12)25(19)10-14-4-3-9-28-14/h5-8,11,14-15H,3-4,9-10H2,1-2H3,(H3,21,22,26,27). The Morgan fingerprint density at radius 1 is 1.34 bits per heavy atom. The van der Waals surface area contributed by atoms with E-state index >= 15 is 0 Å². The summed E-state index contributed by atoms with van der Waals surface area (Å²) in [4.78, 5) is 23.5. The zero-order valence-electron chi connectivity index (χ0n) is 16.3. The van der Waals surface area contributed by atoms with E-state index in [9.17, 15) is 14.0 Å². The van der Waals surface area contributed by atoms with E-state index in [0.29, 0.717) is 29.7 Å². The number of thioether (sulfide) groups is 1. The van der Waals surface area contributed by atoms with Crippen molar-refractivity contribution in [1.29, 1.82) is 0 Å². The molecule has 3 N–H and O–H groups in total. The molecule has 2 atom stereocenters. The minimum Gasteiger partial charge on any atom is -0.376 e. The average Bonchev–Trinajstić information content (AvgIpc) is 3.30. The molecule has 1 aromatic heterocycles. The van der Waals surface area contributed by atoms with Crippen LogP contribution < -0.4 is 11.1 Å². The van der Waals surface area contributed by atoms with Crippen LogP contribution in [0.1, 0.15) is 26.7 Å². The summed E-state index contributed by atoms with van der Waals surface area (Å²) in [6, 6.07) is 5.11. The molecule has 1 fully saturated rings. The molecule has 10 heteroatoms. The van der Waals surface area contributed by atoms with Crippen molar-refractivity contribution >= 4 is 23.7 Å². The van der Waals surface area contributed by atoms with Gasteiger partial charge in [0.15, 0.2) is 11.0 Å². The molecule has 0 aliphatic carbocycles. The van der Waals surface area contributed by atoms with Crippen molar-refractivity contribution in [3.63, 3.8) is 0 Å². The first-order chi connectivity index (χ1) is 13.8. The molecule has 0 saturated carbocycles. The quantitative estimate of drug-likeness (QED) is 0.665. The maximum atomic E-state index is 13.3. The minimum absolute atomic E-state index is 0.0153. The highest BCUT2D eigenvalue weighted by Crippen LogP contribution is 2.31. The normalized spacial score (nSPS) is 17.4. The lowest BCUT2D eigenvalue weighted by atomic mass is 10.1. The van der Waals surface area contributed by atoms with Gasteiger partial charge in [0.2, 0.25) is 5.91 Å². The third kappa shape index (κ3) is 5.33. The number of benzene rings is 1. The van der Waals surface area contributed by atoms with Gasteiger partial charge in [0, 0.05) is 12.2 Å². The Balaban J connectivity index is 1.93. The van der Waals surface area contributed by atoms with Crippen molar-refractivity contribution in [3.8, 4) is 11.4 Å². The first-order valence-electron chi connectivity index (χ1n) is 9.43. The van der Waals surface area contributed by atoms with E-state index in [1.807, 2.05) is 18.4 Å². The van der Waals surface area contributed by atoms with Crippen molar-refractivity contribution in [3.05, 3.63) is 30.1 Å². The number of halogens is 1. The number of rotatable bonds is 7. The molecule has 1 saturated heterocycles. The number of aromatic nitrogens is 3. The Labute approximate surface area is 172 Å². The molecule has 0 radical (unpaired) electrons. The molecule has 1 aliphatic heterocycles. The molecule has 1 aliphatic rings. The van der Waals surface area contributed by atoms with Crippen LogP contribution >= 0.6 is 11.8 Å². The number of urea groups is 1. The molecule has 8 nitrogen and oxygen atoms in total. The summed E-state index contributed by atoms with van der Waals surface area (Å²) in [5.41, 5.74) is 5.81. The van der Waals surface area contributed by atoms with Gasteiger partial charge in [-0.2, -0.15) is 0 Å². The number of nitrogens with two attached hydrogens (primary N) is 1. The van der Waals surface area contributed by atoms with Crippen LogP contribution in [0.3, 0.4) is 0 Å². The van der Waals surface area contributed by atoms with Gasteiger partial charge in [0.25, 0.3) is 0 Å². The second-order valence-corrected chi connectivity index (χ2v) is 8.30. The average molecular weight is 421 g/mol. The SMILES string of the molecule is CC(C)C(Sc1nnc(-c2ccc(F)cc2)n1CC1CCCO1)C(=O)NC(N)=O. The van der Waals surface area contributed by atoms with Crippen LogP contribution in [0.5, 0.6) is 0 Å². The fourth-order valence-corrected chi connectivity index (χ4v) is 4.18. The molecule has 1 aromatic carbocycles. The summed E-state index contributed by atoms with van der Waals surface area (Å²) in [5.74, 6) is -0.327. The van der Waals surface area contributed by atoms with Gasteiger partial charge < -0.3 is 10.5 Å². The van der Waals surface area contributed by atoms with Gasteiger partial charge in [0.1, 0.15) is 5.82 Å². The van der Waals surface area contributed by atoms with Gasteiger partial charge in [-0.25, -0.2) is 9.18 Å². The van der Waals surface area contributed by atoms with E-state index in [1.165, 1.54) is 23.9 Å². The Hall–Kier alpha value is -2.46. The fourth-order valence-electron chi connectivity index (χ4n) is 3.14. The van der Waals surface area contributed by atoms with Crippen LogP contribution in [-0.2, 0) is 16.1 Å². The van der Waals surface area contributed by atoms with Gasteiger partial charge in [-0.1, -0.05) is 25.6 Å². The van der Waals surface area contributed by atoms with E-state index in [1.54, 1.807) is 12.1 Å². The largest absolute Gasteiger partial charge is 0.376 e. The molecule has 29 heavy (non-hydrogen) atoms. The van der Waals surface area contributed by atoms with Crippen molar-refractivity contribution in [2.45, 2.75) is 49.7 Å². The second-order valence-electron chi connectivity index (χ2n) is 7.19. The maximum Gasteiger partial charge on any atom is 0.318 e. The molecular formula is C19H24FN5O3S. The topological polar surface area (TPSA) is 112 Å². The Morgan fingerprint density at radius 3 is 2.66 bits per heavy atom. The van der Waals surface area contributed by atoms with E-state index in [4.69, 9.17) is 10.5 Å². The number of hydrogen-bond donors (Lipinski definition) is 2. The van der Waals surface area contributed by atoms with Gasteiger partial charge in [-0.15, -0.1) is 10.2 Å². The molecular weight excluding hydrogens is 397 g/mol. The van der Waals surface area contributed by atoms with Crippen molar-refractivity contribution in [2.75, 3.05) is 6.61 Å². The van der Waals surface area contributed by atoms with Crippen LogP contribution in [-0.4, -0.2) is 44.7 Å². The summed E-state index contributed by atoms with van der Waals surface area (Å²) in [6.45, 7) is 4.97. The van der Waals surface area contributed by atoms with E-state index in [-0.39, 0.29) is 17.8 Å². The summed E-state index contributed by atoms with van der Waals surface area (Å²) in [7, 11) is 0. The molecule has 156 valence electrons. The number of hydrogen-bond acceptors (Lipinski definition) is 6. The molecule has 3 amide bonds. The fraction of sp³-hybridized carbons (Fsp3) is 0.474.